The molecule has 16 nitrogen and oxygen atoms in total. The summed E-state index contributed by atoms with van der Waals surface area (Å²) >= 11 is 1.66. The number of unbranched alkanes of at least 4 members (excludes halogenated alkanes) is 1. The standard InChI is InChI=1S/C16H19N3O2S.C15H23N4O4P.C6H12O.C4H10.C3H7NO.C2H6/c1-9(2)17-16-19-14(8-22-16)13-7-15(20)11-5-4-10(21-3)6-12(11)18-13;1-3-5-8-19(11-20)14(21)17-15(9-12(15)4-2)24(22,23)10-13-6-7-16-18-13;1-7-6-4-2-3-5-6;1-4(2)3;1-2-4-3-5;1-2/h4-9,16-17,19H,1-3H3,(H,18,20);4,6-7,11-12H,2-3,5,8-10H2,1H3,(H,16,18)(H,17,21)(H,22,23);6H,2-5H2,1H3;4H,1-3H3;3H,2H2,1H3,(H,4,5);1-2H3/t;12?,15-;;;;/m.0..../s1. The Morgan fingerprint density at radius 2 is 1.78 bits per heavy atom. The third-order valence-corrected chi connectivity index (χ3v) is 13.2. The fourth-order valence-electron chi connectivity index (χ4n) is 6.30. The lowest BCUT2D eigenvalue weighted by Gasteiger charge is -2.27. The second-order valence-electron chi connectivity index (χ2n) is 16.0. The molecule has 360 valence electrons. The summed E-state index contributed by atoms with van der Waals surface area (Å²) in [5.74, 6) is 1.25. The Morgan fingerprint density at radius 1 is 1.11 bits per heavy atom. The van der Waals surface area contributed by atoms with E-state index in [9.17, 15) is 28.6 Å². The number of amides is 4. The SMILES string of the molecule is C=CC1C[C@]1(NC(=O)N(C=O)CCCC)P(=O)(O)Cc1ccn[nH]1.CC.CC(C)C.CCNC=O.COC1CCCC1.COc1ccc2c(=O)cc(C3=CSC(NC(C)C)N3)[nH]c2c1. The number of methoxy groups -OCH3 is 2. The van der Waals surface area contributed by atoms with Crippen molar-refractivity contribution in [1.29, 1.82) is 0 Å². The molecule has 4 amide bonds. The van der Waals surface area contributed by atoms with Crippen LogP contribution in [0.15, 0.2) is 59.4 Å². The minimum atomic E-state index is -3.79. The van der Waals surface area contributed by atoms with Crippen LogP contribution < -0.4 is 31.4 Å². The molecule has 2 fully saturated rings. The Labute approximate surface area is 385 Å². The van der Waals surface area contributed by atoms with Crippen LogP contribution in [-0.2, 0) is 25.1 Å². The number of aromatic amines is 2. The zero-order valence-electron chi connectivity index (χ0n) is 40.0. The Kier molecular flexibility index (Phi) is 27.6. The monoisotopic (exact) mass is 933 g/mol. The smallest absolute Gasteiger partial charge is 0.324 e. The number of thioether (sulfide) groups is 1. The van der Waals surface area contributed by atoms with Gasteiger partial charge in [-0.1, -0.05) is 78.6 Å². The number of nitrogens with zero attached hydrogens (tertiary/aromatic N) is 2. The number of pyridine rings is 1. The lowest BCUT2D eigenvalue weighted by atomic mass is 10.1. The number of rotatable bonds is 16. The first-order valence-electron chi connectivity index (χ1n) is 22.3. The molecule has 1 aromatic carbocycles. The van der Waals surface area contributed by atoms with Crippen molar-refractivity contribution in [2.45, 2.75) is 136 Å². The highest BCUT2D eigenvalue weighted by Gasteiger charge is 2.65. The summed E-state index contributed by atoms with van der Waals surface area (Å²) in [7, 11) is -0.377. The van der Waals surface area contributed by atoms with Crippen molar-refractivity contribution in [3.63, 3.8) is 0 Å². The van der Waals surface area contributed by atoms with Crippen molar-refractivity contribution in [3.8, 4) is 5.75 Å². The van der Waals surface area contributed by atoms with Crippen molar-refractivity contribution < 1.29 is 33.3 Å². The molecule has 2 aromatic heterocycles. The number of urea groups is 1. The summed E-state index contributed by atoms with van der Waals surface area (Å²) in [5.41, 5.74) is 3.12. The largest absolute Gasteiger partial charge is 0.497 e. The van der Waals surface area contributed by atoms with Crippen molar-refractivity contribution in [1.82, 2.24) is 41.3 Å². The maximum Gasteiger partial charge on any atom is 0.324 e. The first-order valence-corrected chi connectivity index (χ1v) is 25.1. The number of aromatic nitrogens is 3. The van der Waals surface area contributed by atoms with E-state index in [0.717, 1.165) is 46.4 Å². The molecule has 18 heteroatoms. The summed E-state index contributed by atoms with van der Waals surface area (Å²) in [4.78, 5) is 59.9. The van der Waals surface area contributed by atoms with Crippen molar-refractivity contribution in [2.24, 2.45) is 11.8 Å². The lowest BCUT2D eigenvalue weighted by molar-refractivity contribution is -0.115. The molecular formula is C46H77N8O8PS. The molecule has 0 bridgehead atoms. The maximum absolute atomic E-state index is 12.9. The molecule has 3 heterocycles. The predicted molar refractivity (Wildman–Crippen MR) is 262 cm³/mol. The molecule has 0 spiro atoms. The minimum Gasteiger partial charge on any atom is -0.497 e. The Morgan fingerprint density at radius 3 is 2.25 bits per heavy atom. The average Bonchev–Trinajstić information content (AvgIpc) is 3.75. The van der Waals surface area contributed by atoms with Gasteiger partial charge in [0.05, 0.1) is 36.3 Å². The summed E-state index contributed by atoms with van der Waals surface area (Å²) in [6, 6.07) is 8.40. The van der Waals surface area contributed by atoms with E-state index in [1.165, 1.54) is 31.9 Å². The summed E-state index contributed by atoms with van der Waals surface area (Å²) < 4.78 is 23.3. The normalized spacial score (nSPS) is 19.1. The molecule has 2 aliphatic carbocycles. The molecule has 0 radical (unpaired) electrons. The fraction of sp³-hybridized carbons (Fsp3) is 0.587. The third kappa shape index (κ3) is 19.4. The van der Waals surface area contributed by atoms with Gasteiger partial charge in [0.2, 0.25) is 20.2 Å². The van der Waals surface area contributed by atoms with Gasteiger partial charge in [-0.2, -0.15) is 5.10 Å². The van der Waals surface area contributed by atoms with Gasteiger partial charge in [-0.15, -0.1) is 6.58 Å². The van der Waals surface area contributed by atoms with Gasteiger partial charge < -0.3 is 35.3 Å². The van der Waals surface area contributed by atoms with Gasteiger partial charge in [-0.25, -0.2) is 4.79 Å². The van der Waals surface area contributed by atoms with E-state index in [1.54, 1.807) is 56.3 Å². The quantitative estimate of drug-likeness (QED) is 0.0408. The Balaban J connectivity index is 0.000000465. The van der Waals surface area contributed by atoms with Crippen LogP contribution in [0.2, 0.25) is 0 Å². The number of hydrogen-bond acceptors (Lipinski definition) is 11. The highest BCUT2D eigenvalue weighted by atomic mass is 32.2. The average molecular weight is 933 g/mol. The molecule has 6 rings (SSSR count). The van der Waals surface area contributed by atoms with Crippen LogP contribution in [0.4, 0.5) is 4.79 Å². The molecule has 64 heavy (non-hydrogen) atoms. The Hall–Kier alpha value is -4.41. The van der Waals surface area contributed by atoms with Gasteiger partial charge in [-0.3, -0.25) is 34.3 Å². The second kappa shape index (κ2) is 30.7. The van der Waals surface area contributed by atoms with Crippen LogP contribution in [0.5, 0.6) is 5.75 Å². The van der Waals surface area contributed by atoms with E-state index in [2.05, 4.69) is 77.6 Å². The third-order valence-electron chi connectivity index (χ3n) is 9.64. The van der Waals surface area contributed by atoms with Crippen LogP contribution >= 0.6 is 19.1 Å². The zero-order chi connectivity index (χ0) is 48.3. The number of benzene rings is 1. The van der Waals surface area contributed by atoms with Gasteiger partial charge in [0.1, 0.15) is 16.5 Å². The maximum atomic E-state index is 12.9. The molecule has 7 N–H and O–H groups in total. The molecular weight excluding hydrogens is 856 g/mol. The van der Waals surface area contributed by atoms with Gasteiger partial charge in [-0.05, 0) is 76.0 Å². The van der Waals surface area contributed by atoms with Gasteiger partial charge >= 0.3 is 6.03 Å². The van der Waals surface area contributed by atoms with E-state index in [-0.39, 0.29) is 29.6 Å². The summed E-state index contributed by atoms with van der Waals surface area (Å²) in [6.45, 7) is 23.2. The number of fused-ring (bicyclic) bond motifs is 1. The number of hydrogen-bond donors (Lipinski definition) is 7. The molecule has 3 aromatic rings. The number of carbonyl (C=O) groups excluding carboxylic acids is 3. The molecule has 3 unspecified atom stereocenters. The molecule has 1 aliphatic heterocycles. The molecule has 2 saturated carbocycles. The first kappa shape index (κ1) is 57.6. The van der Waals surface area contributed by atoms with E-state index < -0.39 is 18.7 Å². The number of imide groups is 1. The topological polar surface area (TPSA) is 220 Å². The van der Waals surface area contributed by atoms with E-state index >= 15 is 0 Å². The Bertz CT molecular complexity index is 1950. The fourth-order valence-corrected chi connectivity index (χ4v) is 9.61. The number of nitrogens with one attached hydrogen (secondary N) is 6. The van der Waals surface area contributed by atoms with Crippen LogP contribution in [0.25, 0.3) is 16.6 Å². The van der Waals surface area contributed by atoms with E-state index in [4.69, 9.17) is 9.47 Å². The van der Waals surface area contributed by atoms with Crippen LogP contribution in [-0.4, -0.2) is 94.1 Å². The van der Waals surface area contributed by atoms with Gasteiger partial charge in [0, 0.05) is 61.6 Å². The highest BCUT2D eigenvalue weighted by molar-refractivity contribution is 8.03. The second-order valence-corrected chi connectivity index (χ2v) is 19.5. The molecule has 4 atom stereocenters. The number of ether oxygens (including phenoxy) is 2. The molecule has 0 saturated heterocycles. The number of carbonyl (C=O) groups is 3. The van der Waals surface area contributed by atoms with Gasteiger partial charge in [0.15, 0.2) is 5.43 Å². The van der Waals surface area contributed by atoms with Crippen molar-refractivity contribution >= 4 is 54.6 Å². The van der Waals surface area contributed by atoms with Crippen LogP contribution in [0.1, 0.15) is 119 Å². The van der Waals surface area contributed by atoms with E-state index in [0.29, 0.717) is 48.9 Å². The van der Waals surface area contributed by atoms with Crippen LogP contribution in [0, 0.1) is 11.8 Å². The zero-order valence-corrected chi connectivity index (χ0v) is 41.7. The lowest BCUT2D eigenvalue weighted by Crippen LogP contribution is -2.47. The highest BCUT2D eigenvalue weighted by Crippen LogP contribution is 2.70. The summed E-state index contributed by atoms with van der Waals surface area (Å²) in [6.07, 6.45) is 11.8. The van der Waals surface area contributed by atoms with Gasteiger partial charge in [0.25, 0.3) is 0 Å². The minimum absolute atomic E-state index is 0.000582. The molecule has 3 aliphatic rings. The number of H-pyrrole nitrogens is 2. The van der Waals surface area contributed by atoms with Crippen molar-refractivity contribution in [3.05, 3.63) is 76.2 Å². The van der Waals surface area contributed by atoms with Crippen LogP contribution in [0.3, 0.4) is 0 Å². The van der Waals surface area contributed by atoms with E-state index in [1.807, 2.05) is 39.2 Å². The first-order chi connectivity index (χ1) is 30.5. The predicted octanol–water partition coefficient (Wildman–Crippen LogP) is 8.52. The summed E-state index contributed by atoms with van der Waals surface area (Å²) in [5, 5.41) is 19.6. The van der Waals surface area contributed by atoms with Crippen molar-refractivity contribution in [2.75, 3.05) is 27.3 Å².